The maximum atomic E-state index is 4.73. The van der Waals surface area contributed by atoms with E-state index in [-0.39, 0.29) is 0 Å². The van der Waals surface area contributed by atoms with E-state index in [1.54, 1.807) is 17.7 Å². The maximum Gasteiger partial charge on any atom is 0.141 e. The lowest BCUT2D eigenvalue weighted by Crippen LogP contribution is -2.35. The van der Waals surface area contributed by atoms with Crippen LogP contribution in [-0.2, 0) is 6.42 Å². The molecule has 29 heavy (non-hydrogen) atoms. The zero-order valence-electron chi connectivity index (χ0n) is 16.1. The van der Waals surface area contributed by atoms with E-state index < -0.39 is 0 Å². The normalized spacial score (nSPS) is 15.1. The van der Waals surface area contributed by atoms with Crippen LogP contribution >= 0.6 is 27.3 Å². The van der Waals surface area contributed by atoms with Crippen molar-refractivity contribution in [2.75, 3.05) is 18.0 Å². The molecule has 0 atom stereocenters. The number of benzene rings is 2. The minimum atomic E-state index is 0.749. The van der Waals surface area contributed by atoms with Gasteiger partial charge in [0.2, 0.25) is 0 Å². The molecule has 0 saturated carbocycles. The summed E-state index contributed by atoms with van der Waals surface area (Å²) in [6, 6.07) is 19.4. The van der Waals surface area contributed by atoms with E-state index in [9.17, 15) is 0 Å². The van der Waals surface area contributed by atoms with Gasteiger partial charge in [0.25, 0.3) is 0 Å². The highest BCUT2D eigenvalue weighted by Gasteiger charge is 2.23. The quantitative estimate of drug-likeness (QED) is 0.342. The minimum Gasteiger partial charge on any atom is -0.356 e. The van der Waals surface area contributed by atoms with Gasteiger partial charge >= 0.3 is 0 Å². The average Bonchev–Trinajstić information content (AvgIpc) is 3.20. The number of aromatic nitrogens is 2. The van der Waals surface area contributed by atoms with Crippen molar-refractivity contribution in [3.8, 4) is 11.1 Å². The lowest BCUT2D eigenvalue weighted by atomic mass is 9.90. The van der Waals surface area contributed by atoms with Crippen LogP contribution in [0.25, 0.3) is 21.3 Å². The summed E-state index contributed by atoms with van der Waals surface area (Å²) in [7, 11) is 0. The number of anilines is 1. The SMILES string of the molecule is Brc1ccc(-c2csc3ncnc(N4CCC(Cc5ccccc5)CC4)c23)cc1. The van der Waals surface area contributed by atoms with Crippen LogP contribution in [0.1, 0.15) is 18.4 Å². The highest BCUT2D eigenvalue weighted by molar-refractivity contribution is 9.10. The van der Waals surface area contributed by atoms with Crippen LogP contribution in [0.4, 0.5) is 5.82 Å². The predicted molar refractivity (Wildman–Crippen MR) is 126 cm³/mol. The molecule has 0 bridgehead atoms. The van der Waals surface area contributed by atoms with E-state index in [4.69, 9.17) is 4.98 Å². The fourth-order valence-electron chi connectivity index (χ4n) is 4.24. The highest BCUT2D eigenvalue weighted by atomic mass is 79.9. The summed E-state index contributed by atoms with van der Waals surface area (Å²) in [5, 5.41) is 3.41. The molecule has 1 aliphatic heterocycles. The lowest BCUT2D eigenvalue weighted by molar-refractivity contribution is 0.403. The molecule has 1 saturated heterocycles. The van der Waals surface area contributed by atoms with Crippen LogP contribution in [0.2, 0.25) is 0 Å². The molecule has 0 radical (unpaired) electrons. The van der Waals surface area contributed by atoms with E-state index in [0.717, 1.165) is 34.1 Å². The highest BCUT2D eigenvalue weighted by Crippen LogP contribution is 2.39. The van der Waals surface area contributed by atoms with Gasteiger partial charge in [0.15, 0.2) is 0 Å². The Balaban J connectivity index is 1.39. The van der Waals surface area contributed by atoms with Crippen LogP contribution in [0.15, 0.2) is 70.8 Å². The van der Waals surface area contributed by atoms with Crippen LogP contribution < -0.4 is 4.90 Å². The Labute approximate surface area is 183 Å². The number of thiophene rings is 1. The van der Waals surface area contributed by atoms with Crippen LogP contribution in [0, 0.1) is 5.92 Å². The number of nitrogens with zero attached hydrogens (tertiary/aromatic N) is 3. The van der Waals surface area contributed by atoms with Crippen molar-refractivity contribution >= 4 is 43.3 Å². The zero-order chi connectivity index (χ0) is 19.6. The van der Waals surface area contributed by atoms with E-state index in [2.05, 4.69) is 85.8 Å². The summed E-state index contributed by atoms with van der Waals surface area (Å²) in [5.74, 6) is 1.84. The Bertz CT molecular complexity index is 1100. The van der Waals surface area contributed by atoms with Gasteiger partial charge in [-0.1, -0.05) is 58.4 Å². The second kappa shape index (κ2) is 8.25. The number of piperidine rings is 1. The third-order valence-corrected chi connectivity index (χ3v) is 7.20. The molecule has 146 valence electrons. The van der Waals surface area contributed by atoms with E-state index in [0.29, 0.717) is 0 Å². The largest absolute Gasteiger partial charge is 0.356 e. The van der Waals surface area contributed by atoms with Crippen molar-refractivity contribution in [1.29, 1.82) is 0 Å². The van der Waals surface area contributed by atoms with Crippen molar-refractivity contribution < 1.29 is 0 Å². The topological polar surface area (TPSA) is 29.0 Å². The second-order valence-corrected chi connectivity index (χ2v) is 9.43. The molecule has 5 rings (SSSR count). The molecule has 5 heteroatoms. The molecule has 1 fully saturated rings. The minimum absolute atomic E-state index is 0.749. The summed E-state index contributed by atoms with van der Waals surface area (Å²) in [6.45, 7) is 2.11. The molecular formula is C24H22BrN3S. The Kier molecular flexibility index (Phi) is 5.34. The molecule has 2 aromatic heterocycles. The first kappa shape index (κ1) is 18.8. The molecule has 3 heterocycles. The van der Waals surface area contributed by atoms with Gasteiger partial charge in [-0.25, -0.2) is 9.97 Å². The summed E-state index contributed by atoms with van der Waals surface area (Å²) >= 11 is 5.24. The molecule has 2 aromatic carbocycles. The number of hydrogen-bond donors (Lipinski definition) is 0. The average molecular weight is 464 g/mol. The third kappa shape index (κ3) is 3.94. The molecular weight excluding hydrogens is 442 g/mol. The van der Waals surface area contributed by atoms with Gasteiger partial charge in [-0.3, -0.25) is 0 Å². The lowest BCUT2D eigenvalue weighted by Gasteiger charge is -2.33. The van der Waals surface area contributed by atoms with E-state index in [1.807, 2.05) is 0 Å². The number of hydrogen-bond acceptors (Lipinski definition) is 4. The van der Waals surface area contributed by atoms with Gasteiger partial charge in [-0.2, -0.15) is 0 Å². The van der Waals surface area contributed by atoms with Crippen LogP contribution in [0.5, 0.6) is 0 Å². The van der Waals surface area contributed by atoms with Gasteiger partial charge in [0, 0.05) is 28.5 Å². The molecule has 1 aliphatic rings. The molecule has 0 amide bonds. The van der Waals surface area contributed by atoms with E-state index >= 15 is 0 Å². The van der Waals surface area contributed by atoms with Crippen molar-refractivity contribution in [3.63, 3.8) is 0 Å². The first-order valence-corrected chi connectivity index (χ1v) is 11.7. The third-order valence-electron chi connectivity index (χ3n) is 5.79. The van der Waals surface area contributed by atoms with Gasteiger partial charge < -0.3 is 4.90 Å². The fraction of sp³-hybridized carbons (Fsp3) is 0.250. The van der Waals surface area contributed by atoms with Gasteiger partial charge in [-0.05, 0) is 48.4 Å². The first-order chi connectivity index (χ1) is 14.3. The molecule has 4 aromatic rings. The van der Waals surface area contributed by atoms with Gasteiger partial charge in [0.05, 0.1) is 5.39 Å². The number of halogens is 1. The summed E-state index contributed by atoms with van der Waals surface area (Å²) < 4.78 is 1.10. The summed E-state index contributed by atoms with van der Waals surface area (Å²) in [4.78, 5) is 12.8. The van der Waals surface area contributed by atoms with E-state index in [1.165, 1.54) is 41.3 Å². The smallest absolute Gasteiger partial charge is 0.141 e. The monoisotopic (exact) mass is 463 g/mol. The van der Waals surface area contributed by atoms with Gasteiger partial charge in [-0.15, -0.1) is 11.3 Å². The molecule has 0 aliphatic carbocycles. The summed E-state index contributed by atoms with van der Waals surface area (Å²) in [6.07, 6.45) is 5.31. The Morgan fingerprint density at radius 1 is 0.966 bits per heavy atom. The first-order valence-electron chi connectivity index (χ1n) is 10.0. The Morgan fingerprint density at radius 2 is 1.72 bits per heavy atom. The fourth-order valence-corrected chi connectivity index (χ4v) is 5.41. The predicted octanol–water partition coefficient (Wildman–Crippen LogP) is 6.58. The van der Waals surface area contributed by atoms with Crippen molar-refractivity contribution in [2.45, 2.75) is 19.3 Å². The van der Waals surface area contributed by atoms with Crippen LogP contribution in [0.3, 0.4) is 0 Å². The maximum absolute atomic E-state index is 4.73. The Hall–Kier alpha value is -2.24. The number of rotatable bonds is 4. The van der Waals surface area contributed by atoms with Gasteiger partial charge in [0.1, 0.15) is 17.0 Å². The molecule has 3 nitrogen and oxygen atoms in total. The van der Waals surface area contributed by atoms with Crippen molar-refractivity contribution in [1.82, 2.24) is 9.97 Å². The molecule has 0 spiro atoms. The molecule has 0 N–H and O–H groups in total. The number of fused-ring (bicyclic) bond motifs is 1. The summed E-state index contributed by atoms with van der Waals surface area (Å²) in [5.41, 5.74) is 3.90. The molecule has 0 unspecified atom stereocenters. The van der Waals surface area contributed by atoms with Crippen molar-refractivity contribution in [2.24, 2.45) is 5.92 Å². The standard InChI is InChI=1S/C24H22BrN3S/c25-20-8-6-19(7-9-20)21-15-29-24-22(21)23(26-16-27-24)28-12-10-18(11-13-28)14-17-4-2-1-3-5-17/h1-9,15-16,18H,10-14H2. The van der Waals surface area contributed by atoms with Crippen molar-refractivity contribution in [3.05, 3.63) is 76.3 Å². The zero-order valence-corrected chi connectivity index (χ0v) is 18.5. The Morgan fingerprint density at radius 3 is 2.48 bits per heavy atom. The second-order valence-electron chi connectivity index (χ2n) is 7.65. The van der Waals surface area contributed by atoms with Crippen LogP contribution in [-0.4, -0.2) is 23.1 Å².